The molecule has 0 saturated carbocycles. The molecule has 1 aliphatic heterocycles. The van der Waals surface area contributed by atoms with E-state index in [-0.39, 0.29) is 17.3 Å². The number of carbonyl (C=O) groups excluding carboxylic acids is 1. The van der Waals surface area contributed by atoms with Crippen LogP contribution in [0.5, 0.6) is 0 Å². The topological polar surface area (TPSA) is 95.0 Å². The van der Waals surface area contributed by atoms with Gasteiger partial charge in [-0.25, -0.2) is 8.42 Å². The van der Waals surface area contributed by atoms with Crippen molar-refractivity contribution < 1.29 is 23.1 Å². The fourth-order valence-corrected chi connectivity index (χ4v) is 4.95. The number of hydrogen-bond donors (Lipinski definition) is 1. The van der Waals surface area contributed by atoms with Crippen molar-refractivity contribution in [3.8, 4) is 0 Å². The molecule has 1 aliphatic rings. The number of aryl methyl sites for hydroxylation is 1. The van der Waals surface area contributed by atoms with Crippen molar-refractivity contribution in [3.05, 3.63) is 29.3 Å². The first-order valence-corrected chi connectivity index (χ1v) is 10.6. The number of likely N-dealkylation sites (tertiary alicyclic amines) is 1. The lowest BCUT2D eigenvalue weighted by Crippen LogP contribution is -2.48. The molecule has 7 nitrogen and oxygen atoms in total. The Morgan fingerprint density at radius 2 is 1.89 bits per heavy atom. The third kappa shape index (κ3) is 4.16. The van der Waals surface area contributed by atoms with Crippen LogP contribution in [0.1, 0.15) is 49.5 Å². The molecule has 0 spiro atoms. The second kappa shape index (κ2) is 7.98. The van der Waals surface area contributed by atoms with Crippen molar-refractivity contribution in [2.24, 2.45) is 5.41 Å². The normalized spacial score (nSPS) is 20.7. The lowest BCUT2D eigenvalue weighted by Gasteiger charge is -2.37. The van der Waals surface area contributed by atoms with E-state index in [0.717, 1.165) is 0 Å². The van der Waals surface area contributed by atoms with Gasteiger partial charge in [0.05, 0.1) is 10.3 Å². The Balaban J connectivity index is 2.39. The van der Waals surface area contributed by atoms with Gasteiger partial charge in [-0.1, -0.05) is 19.9 Å². The fourth-order valence-electron chi connectivity index (χ4n) is 3.46. The molecule has 1 atom stereocenters. The Labute approximate surface area is 161 Å². The van der Waals surface area contributed by atoms with Crippen molar-refractivity contribution in [2.45, 2.75) is 45.4 Å². The molecule has 1 saturated heterocycles. The summed E-state index contributed by atoms with van der Waals surface area (Å²) >= 11 is 0. The summed E-state index contributed by atoms with van der Waals surface area (Å²) in [6.07, 6.45) is 1.12. The molecule has 8 heteroatoms. The molecule has 2 rings (SSSR count). The van der Waals surface area contributed by atoms with Crippen LogP contribution in [0.3, 0.4) is 0 Å². The average Bonchev–Trinajstić information content (AvgIpc) is 2.62. The predicted molar refractivity (Wildman–Crippen MR) is 102 cm³/mol. The minimum atomic E-state index is -3.67. The Kier molecular flexibility index (Phi) is 6.32. The van der Waals surface area contributed by atoms with Crippen LogP contribution in [0.2, 0.25) is 0 Å². The maximum absolute atomic E-state index is 13.0. The minimum absolute atomic E-state index is 0.0816. The summed E-state index contributed by atoms with van der Waals surface area (Å²) in [6.45, 7) is 8.20. The zero-order valence-electron chi connectivity index (χ0n) is 16.4. The van der Waals surface area contributed by atoms with Gasteiger partial charge in [0.2, 0.25) is 10.0 Å². The Morgan fingerprint density at radius 3 is 2.44 bits per heavy atom. The highest BCUT2D eigenvalue weighted by Gasteiger charge is 2.39. The number of piperidine rings is 1. The molecule has 1 heterocycles. The first kappa shape index (κ1) is 21.4. The Hall–Kier alpha value is -1.93. The van der Waals surface area contributed by atoms with Crippen LogP contribution >= 0.6 is 0 Å². The fraction of sp³-hybridized carbons (Fsp3) is 0.579. The largest absolute Gasteiger partial charge is 0.481 e. The van der Waals surface area contributed by atoms with Crippen molar-refractivity contribution in [1.82, 2.24) is 9.21 Å². The van der Waals surface area contributed by atoms with E-state index in [1.807, 2.05) is 0 Å². The molecule has 1 N–H and O–H groups in total. The molecule has 0 aliphatic carbocycles. The molecule has 150 valence electrons. The Morgan fingerprint density at radius 1 is 1.26 bits per heavy atom. The van der Waals surface area contributed by atoms with E-state index >= 15 is 0 Å². The van der Waals surface area contributed by atoms with E-state index in [0.29, 0.717) is 43.6 Å². The first-order valence-electron chi connectivity index (χ1n) is 9.20. The number of carboxylic acids is 1. The summed E-state index contributed by atoms with van der Waals surface area (Å²) in [5.74, 6) is -1.24. The van der Waals surface area contributed by atoms with Crippen molar-refractivity contribution in [1.29, 1.82) is 0 Å². The number of amides is 1. The van der Waals surface area contributed by atoms with Gasteiger partial charge in [-0.2, -0.15) is 4.31 Å². The molecule has 1 amide bonds. The molecule has 1 aromatic carbocycles. The first-order chi connectivity index (χ1) is 12.6. The van der Waals surface area contributed by atoms with Crippen molar-refractivity contribution in [2.75, 3.05) is 26.2 Å². The van der Waals surface area contributed by atoms with Crippen LogP contribution in [0.4, 0.5) is 0 Å². The second-order valence-corrected chi connectivity index (χ2v) is 9.20. The summed E-state index contributed by atoms with van der Waals surface area (Å²) in [6, 6.07) is 4.55. The van der Waals surface area contributed by atoms with Crippen LogP contribution in [0.25, 0.3) is 0 Å². The third-order valence-corrected chi connectivity index (χ3v) is 7.33. The van der Waals surface area contributed by atoms with Gasteiger partial charge in [0.1, 0.15) is 0 Å². The number of aliphatic carboxylic acids is 1. The van der Waals surface area contributed by atoms with Gasteiger partial charge in [-0.15, -0.1) is 0 Å². The van der Waals surface area contributed by atoms with E-state index < -0.39 is 21.4 Å². The van der Waals surface area contributed by atoms with E-state index in [1.165, 1.54) is 21.3 Å². The lowest BCUT2D eigenvalue weighted by atomic mass is 9.82. The summed E-state index contributed by atoms with van der Waals surface area (Å²) < 4.78 is 26.9. The van der Waals surface area contributed by atoms with Crippen molar-refractivity contribution in [3.63, 3.8) is 0 Å². The third-order valence-electron chi connectivity index (χ3n) is 5.28. The quantitative estimate of drug-likeness (QED) is 0.796. The summed E-state index contributed by atoms with van der Waals surface area (Å²) in [4.78, 5) is 26.2. The Bertz CT molecular complexity index is 833. The van der Waals surface area contributed by atoms with E-state index in [9.17, 15) is 23.1 Å². The maximum Gasteiger partial charge on any atom is 0.311 e. The molecule has 1 aromatic rings. The smallest absolute Gasteiger partial charge is 0.311 e. The number of hydrogen-bond acceptors (Lipinski definition) is 4. The van der Waals surface area contributed by atoms with E-state index in [4.69, 9.17) is 0 Å². The summed E-state index contributed by atoms with van der Waals surface area (Å²) in [7, 11) is -3.67. The lowest BCUT2D eigenvalue weighted by molar-refractivity contribution is -0.150. The number of carbonyl (C=O) groups is 2. The number of sulfonamides is 1. The number of rotatable bonds is 6. The van der Waals surface area contributed by atoms with E-state index in [2.05, 4.69) is 0 Å². The van der Waals surface area contributed by atoms with Crippen LogP contribution in [0.15, 0.2) is 23.1 Å². The summed E-state index contributed by atoms with van der Waals surface area (Å²) in [5, 5.41) is 9.47. The molecule has 0 radical (unpaired) electrons. The van der Waals surface area contributed by atoms with Crippen LogP contribution in [-0.2, 0) is 14.8 Å². The number of nitrogens with zero attached hydrogens (tertiary/aromatic N) is 2. The van der Waals surface area contributed by atoms with Gasteiger partial charge in [0.15, 0.2) is 0 Å². The predicted octanol–water partition coefficient (Wildman–Crippen LogP) is 2.35. The van der Waals surface area contributed by atoms with Crippen LogP contribution in [0, 0.1) is 12.3 Å². The van der Waals surface area contributed by atoms with Gasteiger partial charge < -0.3 is 10.0 Å². The monoisotopic (exact) mass is 396 g/mol. The van der Waals surface area contributed by atoms with Gasteiger partial charge in [-0.3, -0.25) is 9.59 Å². The van der Waals surface area contributed by atoms with Gasteiger partial charge >= 0.3 is 5.97 Å². The molecule has 0 aromatic heterocycles. The molecule has 1 fully saturated rings. The van der Waals surface area contributed by atoms with Crippen LogP contribution < -0.4 is 0 Å². The summed E-state index contributed by atoms with van der Waals surface area (Å²) in [5.41, 5.74) is -0.00818. The minimum Gasteiger partial charge on any atom is -0.481 e. The van der Waals surface area contributed by atoms with E-state index in [1.54, 1.807) is 33.8 Å². The maximum atomic E-state index is 13.0. The highest BCUT2D eigenvalue weighted by atomic mass is 32.2. The highest BCUT2D eigenvalue weighted by Crippen LogP contribution is 2.31. The molecular formula is C19H28N2O5S. The number of benzene rings is 1. The average molecular weight is 397 g/mol. The van der Waals surface area contributed by atoms with Gasteiger partial charge in [-0.05, 0) is 44.4 Å². The van der Waals surface area contributed by atoms with Crippen molar-refractivity contribution >= 4 is 21.9 Å². The van der Waals surface area contributed by atoms with Crippen LogP contribution in [-0.4, -0.2) is 60.8 Å². The zero-order chi connectivity index (χ0) is 20.4. The molecule has 1 unspecified atom stereocenters. The van der Waals surface area contributed by atoms with Gasteiger partial charge in [0, 0.05) is 31.7 Å². The van der Waals surface area contributed by atoms with Gasteiger partial charge in [0.25, 0.3) is 5.91 Å². The second-order valence-electron chi connectivity index (χ2n) is 7.26. The SMILES string of the molecule is CCN(CC)S(=O)(=O)c1ccc(C)c(C(=O)N2CCCC(C)(C(=O)O)C2)c1. The molecule has 0 bridgehead atoms. The molecule has 27 heavy (non-hydrogen) atoms. The molecular weight excluding hydrogens is 368 g/mol. The highest BCUT2D eigenvalue weighted by molar-refractivity contribution is 7.89. The standard InChI is InChI=1S/C19H28N2O5S/c1-5-21(6-2)27(25,26)15-9-8-14(3)16(12-15)17(22)20-11-7-10-19(4,13-20)18(23)24/h8-9,12H,5-7,10-11,13H2,1-4H3,(H,23,24). The zero-order valence-corrected chi connectivity index (χ0v) is 17.2. The number of carboxylic acid groups (broad SMARTS) is 1.